The minimum absolute atomic E-state index is 0.124. The van der Waals surface area contributed by atoms with Crippen molar-refractivity contribution in [2.75, 3.05) is 24.8 Å². The van der Waals surface area contributed by atoms with Crippen molar-refractivity contribution >= 4 is 34.4 Å². The van der Waals surface area contributed by atoms with Gasteiger partial charge in [-0.15, -0.1) is 0 Å². The summed E-state index contributed by atoms with van der Waals surface area (Å²) in [5, 5.41) is 2.76. The number of hydrogen-bond acceptors (Lipinski definition) is 5. The third kappa shape index (κ3) is 4.87. The van der Waals surface area contributed by atoms with Crippen molar-refractivity contribution in [3.05, 3.63) is 76.7 Å². The molecule has 0 saturated heterocycles. The molecule has 10 heteroatoms. The van der Waals surface area contributed by atoms with Crippen LogP contribution < -0.4 is 10.9 Å². The monoisotopic (exact) mass is 484 g/mol. The maximum Gasteiger partial charge on any atom is 0.278 e. The fraction of sp³-hybridized carbons (Fsp3) is 0.208. The van der Waals surface area contributed by atoms with Crippen LogP contribution in [-0.4, -0.2) is 39.5 Å². The van der Waals surface area contributed by atoms with E-state index in [-0.39, 0.29) is 30.2 Å². The second-order valence-corrected chi connectivity index (χ2v) is 8.46. The van der Waals surface area contributed by atoms with Crippen LogP contribution in [0.25, 0.3) is 22.2 Å². The van der Waals surface area contributed by atoms with Gasteiger partial charge in [0.25, 0.3) is 5.56 Å². The number of ether oxygens (including phenoxy) is 1. The number of rotatable bonds is 8. The number of hydrogen-bond donors (Lipinski definition) is 1. The quantitative estimate of drug-likeness (QED) is 0.302. The number of aryl methyl sites for hydroxylation is 1. The third-order valence-electron chi connectivity index (χ3n) is 5.18. The molecule has 4 aromatic rings. The summed E-state index contributed by atoms with van der Waals surface area (Å²) < 4.78 is 35.3. The average molecular weight is 485 g/mol. The number of nitrogens with zero attached hydrogens (tertiary/aromatic N) is 3. The molecule has 1 N–H and O–H groups in total. The smallest absolute Gasteiger partial charge is 0.278 e. The molecule has 2 aromatic heterocycles. The van der Waals surface area contributed by atoms with E-state index in [1.54, 1.807) is 11.6 Å². The van der Waals surface area contributed by atoms with Gasteiger partial charge in [-0.1, -0.05) is 42.1 Å². The molecule has 0 fully saturated rings. The molecule has 0 aliphatic rings. The highest BCUT2D eigenvalue weighted by Crippen LogP contribution is 2.29. The van der Waals surface area contributed by atoms with Gasteiger partial charge < -0.3 is 14.6 Å². The van der Waals surface area contributed by atoms with E-state index in [9.17, 15) is 18.4 Å². The molecule has 0 unspecified atom stereocenters. The van der Waals surface area contributed by atoms with Crippen LogP contribution in [0.3, 0.4) is 0 Å². The van der Waals surface area contributed by atoms with Gasteiger partial charge in [0.05, 0.1) is 24.6 Å². The molecule has 0 bridgehead atoms. The number of halogens is 2. The summed E-state index contributed by atoms with van der Waals surface area (Å²) >= 11 is 1.05. The first kappa shape index (κ1) is 23.7. The molecule has 4 rings (SSSR count). The van der Waals surface area contributed by atoms with Crippen LogP contribution in [0.4, 0.5) is 14.5 Å². The normalized spacial score (nSPS) is 11.2. The van der Waals surface area contributed by atoms with Crippen molar-refractivity contribution in [2.24, 2.45) is 7.05 Å². The first-order valence-corrected chi connectivity index (χ1v) is 11.4. The lowest BCUT2D eigenvalue weighted by Gasteiger charge is -2.13. The second kappa shape index (κ2) is 10.2. The van der Waals surface area contributed by atoms with Crippen LogP contribution in [-0.2, 0) is 23.1 Å². The van der Waals surface area contributed by atoms with E-state index in [4.69, 9.17) is 9.72 Å². The first-order chi connectivity index (χ1) is 16.4. The molecule has 0 radical (unpaired) electrons. The Bertz CT molecular complexity index is 1400. The Hall–Kier alpha value is -3.50. The lowest BCUT2D eigenvalue weighted by atomic mass is 10.1. The van der Waals surface area contributed by atoms with Gasteiger partial charge in [-0.05, 0) is 17.7 Å². The summed E-state index contributed by atoms with van der Waals surface area (Å²) in [6.45, 7) is 0.532. The summed E-state index contributed by atoms with van der Waals surface area (Å²) in [5.41, 5.74) is 2.31. The Balaban J connectivity index is 1.68. The molecule has 0 saturated carbocycles. The minimum Gasteiger partial charge on any atom is -0.383 e. The Kier molecular flexibility index (Phi) is 7.09. The van der Waals surface area contributed by atoms with E-state index < -0.39 is 17.5 Å². The lowest BCUT2D eigenvalue weighted by molar-refractivity contribution is -0.113. The molecule has 2 heterocycles. The van der Waals surface area contributed by atoms with E-state index in [2.05, 4.69) is 5.32 Å². The van der Waals surface area contributed by atoms with Gasteiger partial charge in [0.2, 0.25) is 5.91 Å². The van der Waals surface area contributed by atoms with Gasteiger partial charge in [-0.25, -0.2) is 13.8 Å². The fourth-order valence-corrected chi connectivity index (χ4v) is 4.39. The molecular weight excluding hydrogens is 462 g/mol. The molecule has 0 spiro atoms. The van der Waals surface area contributed by atoms with Crippen LogP contribution in [0, 0.1) is 11.6 Å². The summed E-state index contributed by atoms with van der Waals surface area (Å²) in [6.07, 6.45) is 1.85. The van der Waals surface area contributed by atoms with Crippen molar-refractivity contribution < 1.29 is 18.3 Å². The molecule has 0 aliphatic heterocycles. The number of nitrogens with one attached hydrogen (secondary N) is 1. The largest absolute Gasteiger partial charge is 0.383 e. The molecule has 0 aliphatic carbocycles. The molecule has 1 amide bonds. The maximum atomic E-state index is 13.9. The predicted molar refractivity (Wildman–Crippen MR) is 128 cm³/mol. The lowest BCUT2D eigenvalue weighted by Crippen LogP contribution is -2.27. The summed E-state index contributed by atoms with van der Waals surface area (Å²) in [5.74, 6) is -2.25. The summed E-state index contributed by atoms with van der Waals surface area (Å²) in [4.78, 5) is 30.6. The van der Waals surface area contributed by atoms with Crippen LogP contribution in [0.15, 0.2) is 64.7 Å². The number of aromatic nitrogens is 3. The van der Waals surface area contributed by atoms with Gasteiger partial charge >= 0.3 is 0 Å². The molecule has 34 heavy (non-hydrogen) atoms. The average Bonchev–Trinajstić information content (AvgIpc) is 3.16. The number of carbonyl (C=O) groups is 1. The molecular formula is C24H22F2N4O3S. The topological polar surface area (TPSA) is 78.2 Å². The third-order valence-corrected chi connectivity index (χ3v) is 6.16. The van der Waals surface area contributed by atoms with Gasteiger partial charge in [-0.3, -0.25) is 14.2 Å². The van der Waals surface area contributed by atoms with E-state index in [1.165, 1.54) is 11.7 Å². The summed E-state index contributed by atoms with van der Waals surface area (Å²) in [6, 6.07) is 12.5. The molecule has 0 atom stereocenters. The molecule has 2 aromatic carbocycles. The van der Waals surface area contributed by atoms with Gasteiger partial charge in [0.15, 0.2) is 5.16 Å². The zero-order chi connectivity index (χ0) is 24.2. The highest BCUT2D eigenvalue weighted by atomic mass is 32.2. The van der Waals surface area contributed by atoms with Crippen LogP contribution in [0.5, 0.6) is 0 Å². The zero-order valence-electron chi connectivity index (χ0n) is 18.5. The Morgan fingerprint density at radius 1 is 1.18 bits per heavy atom. The summed E-state index contributed by atoms with van der Waals surface area (Å²) in [7, 11) is 3.32. The van der Waals surface area contributed by atoms with E-state index in [1.807, 2.05) is 36.5 Å². The van der Waals surface area contributed by atoms with Crippen molar-refractivity contribution in [3.63, 3.8) is 0 Å². The van der Waals surface area contributed by atoms with E-state index >= 15 is 0 Å². The number of fused-ring (bicyclic) bond motifs is 1. The van der Waals surface area contributed by atoms with Crippen molar-refractivity contribution in [2.45, 2.75) is 11.7 Å². The molecule has 7 nitrogen and oxygen atoms in total. The number of anilines is 1. The van der Waals surface area contributed by atoms with Crippen LogP contribution in [0.2, 0.25) is 0 Å². The first-order valence-electron chi connectivity index (χ1n) is 10.4. The van der Waals surface area contributed by atoms with Crippen LogP contribution >= 0.6 is 11.8 Å². The number of carbonyl (C=O) groups excluding carboxylic acids is 1. The van der Waals surface area contributed by atoms with E-state index in [0.29, 0.717) is 22.3 Å². The highest BCUT2D eigenvalue weighted by Gasteiger charge is 2.19. The fourth-order valence-electron chi connectivity index (χ4n) is 3.58. The Labute approximate surface area is 198 Å². The maximum absolute atomic E-state index is 13.9. The number of benzene rings is 2. The SMILES string of the molecule is COCCn1c(SCC(=O)Nc2ccc(F)cc2F)nc2c(-c3ccccc3)cn(C)c2c1=O. The standard InChI is InChI=1S/C24H22F2N4O3S/c1-29-13-17(15-6-4-3-5-7-15)21-22(29)23(32)30(10-11-33-2)24(28-21)34-14-20(31)27-19-9-8-16(25)12-18(19)26/h3-9,12-13H,10-11,14H2,1-2H3,(H,27,31). The van der Waals surface area contributed by atoms with Crippen LogP contribution in [0.1, 0.15) is 0 Å². The van der Waals surface area contributed by atoms with Crippen molar-refractivity contribution in [3.8, 4) is 11.1 Å². The predicted octanol–water partition coefficient (Wildman–Crippen LogP) is 4.06. The van der Waals surface area contributed by atoms with Gasteiger partial charge in [0, 0.05) is 32.0 Å². The number of amides is 1. The highest BCUT2D eigenvalue weighted by molar-refractivity contribution is 7.99. The molecule has 176 valence electrons. The number of methoxy groups -OCH3 is 1. The zero-order valence-corrected chi connectivity index (χ0v) is 19.4. The van der Waals surface area contributed by atoms with Crippen molar-refractivity contribution in [1.82, 2.24) is 14.1 Å². The second-order valence-electron chi connectivity index (χ2n) is 7.52. The Morgan fingerprint density at radius 2 is 1.94 bits per heavy atom. The number of thioether (sulfide) groups is 1. The van der Waals surface area contributed by atoms with Crippen molar-refractivity contribution in [1.29, 1.82) is 0 Å². The van der Waals surface area contributed by atoms with Gasteiger partial charge in [-0.2, -0.15) is 0 Å². The minimum atomic E-state index is -0.869. The van der Waals surface area contributed by atoms with Gasteiger partial charge in [0.1, 0.15) is 22.7 Å². The van der Waals surface area contributed by atoms with E-state index in [0.717, 1.165) is 35.0 Å². The Morgan fingerprint density at radius 3 is 2.65 bits per heavy atom.